The Labute approximate surface area is 46.2 Å². The molecule has 4 heavy (non-hydrogen) atoms. The van der Waals surface area contributed by atoms with Crippen LogP contribution in [0.1, 0.15) is 0 Å². The average Bonchev–Trinajstić information content (AvgIpc) is 1.41. The fraction of sp³-hybridized carbons (Fsp3) is 0. The van der Waals surface area contributed by atoms with Gasteiger partial charge in [0, 0.05) is 29.2 Å². The van der Waals surface area contributed by atoms with Crippen LogP contribution in [0, 0.1) is 0 Å². The molecule has 0 aromatic carbocycles. The van der Waals surface area contributed by atoms with Crippen LogP contribution in [-0.2, 0) is 0 Å². The molecule has 0 aliphatic rings. The molecule has 0 aliphatic heterocycles. The quantitative estimate of drug-likeness (QED) is 0.427. The van der Waals surface area contributed by atoms with Gasteiger partial charge in [-0.3, -0.25) is 0 Å². The van der Waals surface area contributed by atoms with Crippen LogP contribution >= 0.6 is 40.2 Å². The molecule has 0 radical (unpaired) electrons. The van der Waals surface area contributed by atoms with Crippen LogP contribution in [0.4, 0.5) is 0 Å². The Morgan fingerprint density at radius 1 is 2.25 bits per heavy atom. The maximum atomic E-state index is 6.04. The first kappa shape index (κ1) is 3.58. The lowest BCUT2D eigenvalue weighted by atomic mass is 15.9. The van der Waals surface area contributed by atoms with Crippen LogP contribution in [0.3, 0.4) is 0 Å². The molecule has 0 unspecified atom stereocenters. The Morgan fingerprint density at radius 3 is 3.00 bits per heavy atom. The minimum Gasteiger partial charge on any atom is -0.320 e. The van der Waals surface area contributed by atoms with Crippen LogP contribution in [0.15, 0.2) is 0 Å². The second-order valence-electron chi connectivity index (χ2n) is 0.131. The SMILES string of the molecule is [2H]OSSI. The van der Waals surface area contributed by atoms with Crippen molar-refractivity contribution in [3.8, 4) is 0 Å². The van der Waals surface area contributed by atoms with E-state index in [-0.39, 0.29) is 0 Å². The minimum atomic E-state index is 1.03. The van der Waals surface area contributed by atoms with Crippen molar-refractivity contribution < 1.29 is 4.56 Å². The second-order valence-corrected chi connectivity index (χ2v) is 4.42. The van der Waals surface area contributed by atoms with Crippen molar-refractivity contribution in [3.05, 3.63) is 0 Å². The van der Waals surface area contributed by atoms with E-state index in [0.717, 1.165) is 11.1 Å². The third-order valence-electron chi connectivity index (χ3n) is 0.0257. The highest BCUT2D eigenvalue weighted by molar-refractivity contribution is 14.2. The molecule has 0 atom stereocenters. The van der Waals surface area contributed by atoms with Crippen molar-refractivity contribution in [1.29, 1.82) is 1.43 Å². The van der Waals surface area contributed by atoms with Gasteiger partial charge in [-0.2, -0.15) is 0 Å². The molecule has 0 saturated heterocycles. The summed E-state index contributed by atoms with van der Waals surface area (Å²) in [6, 6.07) is 0. The maximum absolute atomic E-state index is 6.04. The Balaban J connectivity index is 2.19. The lowest BCUT2D eigenvalue weighted by Gasteiger charge is -1.64. The molecular formula is HIOS2. The number of rotatable bonds is 2. The predicted molar refractivity (Wildman–Crippen MR) is 31.8 cm³/mol. The fourth-order valence-corrected chi connectivity index (χ4v) is 0. The van der Waals surface area contributed by atoms with Crippen LogP contribution in [0.25, 0.3) is 1.43 Å². The summed E-state index contributed by atoms with van der Waals surface area (Å²) in [4.78, 5) is 0. The summed E-state index contributed by atoms with van der Waals surface area (Å²) in [5.41, 5.74) is 0. The van der Waals surface area contributed by atoms with Gasteiger partial charge in [-0.05, 0) is 0 Å². The molecule has 0 amide bonds. The zero-order valence-electron chi connectivity index (χ0n) is 2.60. The molecule has 0 fully saturated rings. The molecule has 0 heterocycles. The van der Waals surface area contributed by atoms with Gasteiger partial charge in [0.1, 0.15) is 0 Å². The summed E-state index contributed by atoms with van der Waals surface area (Å²) in [5.74, 6) is 0. The van der Waals surface area contributed by atoms with Gasteiger partial charge >= 0.3 is 0 Å². The highest BCUT2D eigenvalue weighted by atomic mass is 127. The van der Waals surface area contributed by atoms with Crippen molar-refractivity contribution in [2.75, 3.05) is 0 Å². The monoisotopic (exact) mass is 209 g/mol. The van der Waals surface area contributed by atoms with E-state index in [1.54, 1.807) is 0 Å². The molecule has 0 saturated carbocycles. The molecule has 0 aromatic rings. The van der Waals surface area contributed by atoms with E-state index in [9.17, 15) is 0 Å². The third kappa shape index (κ3) is 3.39. The molecule has 0 aromatic heterocycles. The highest BCUT2D eigenvalue weighted by Gasteiger charge is 1.61. The maximum Gasteiger partial charge on any atom is 0.230 e. The molecule has 1 nitrogen and oxygen atoms in total. The van der Waals surface area contributed by atoms with Gasteiger partial charge in [-0.1, -0.05) is 0 Å². The normalized spacial score (nSPS) is 10.8. The summed E-state index contributed by atoms with van der Waals surface area (Å²) in [5, 5.41) is 0. The molecule has 4 heteroatoms. The van der Waals surface area contributed by atoms with Crippen molar-refractivity contribution in [2.24, 2.45) is 0 Å². The lowest BCUT2D eigenvalue weighted by Crippen LogP contribution is -1.19. The topological polar surface area (TPSA) is 20.2 Å². The van der Waals surface area contributed by atoms with Gasteiger partial charge in [-0.15, -0.1) is 0 Å². The largest absolute Gasteiger partial charge is 0.320 e. The first-order chi connectivity index (χ1) is 2.41. The zero-order chi connectivity index (χ0) is 4.12. The van der Waals surface area contributed by atoms with Crippen molar-refractivity contribution in [2.45, 2.75) is 0 Å². The summed E-state index contributed by atoms with van der Waals surface area (Å²) in [6.07, 6.45) is 0. The smallest absolute Gasteiger partial charge is 0.230 e. The van der Waals surface area contributed by atoms with E-state index >= 15 is 0 Å². The van der Waals surface area contributed by atoms with Gasteiger partial charge in [-0.25, -0.2) is 0 Å². The van der Waals surface area contributed by atoms with Crippen LogP contribution in [0.5, 0.6) is 0 Å². The Morgan fingerprint density at radius 2 is 3.00 bits per heavy atom. The highest BCUT2D eigenvalue weighted by Crippen LogP contribution is 2.23. The van der Waals surface area contributed by atoms with Gasteiger partial charge in [0.2, 0.25) is 1.43 Å². The predicted octanol–water partition coefficient (Wildman–Crippen LogP) is 2.19. The second kappa shape index (κ2) is 4.39. The van der Waals surface area contributed by atoms with Gasteiger partial charge < -0.3 is 4.56 Å². The number of hydrogen-bond donors (Lipinski definition) is 1. The van der Waals surface area contributed by atoms with E-state index in [1.165, 1.54) is 7.97 Å². The lowest BCUT2D eigenvalue weighted by molar-refractivity contribution is 0.676. The molecule has 0 aliphatic carbocycles. The standard InChI is InChI=1S/HIOS2/c1-3-4-2/h2H/i/hD. The number of halogens is 1. The molecule has 26 valence electrons. The van der Waals surface area contributed by atoms with Crippen LogP contribution in [-0.4, -0.2) is 4.56 Å². The van der Waals surface area contributed by atoms with Crippen molar-refractivity contribution >= 4 is 40.2 Å². The van der Waals surface area contributed by atoms with Gasteiger partial charge in [0.15, 0.2) is 0 Å². The molecular weight excluding hydrogens is 207 g/mol. The third-order valence-corrected chi connectivity index (χ3v) is 1.55. The Kier molecular flexibility index (Phi) is 3.92. The minimum absolute atomic E-state index is 1.03. The Hall–Kier alpha value is 1.39. The molecule has 0 spiro atoms. The van der Waals surface area contributed by atoms with Crippen molar-refractivity contribution in [3.63, 3.8) is 0 Å². The fourth-order valence-electron chi connectivity index (χ4n) is 0. The van der Waals surface area contributed by atoms with E-state index in [1.807, 2.05) is 21.2 Å². The summed E-state index contributed by atoms with van der Waals surface area (Å²) < 4.78 is 9.85. The summed E-state index contributed by atoms with van der Waals surface area (Å²) >= 11 is 3.06. The van der Waals surface area contributed by atoms with Crippen molar-refractivity contribution in [1.82, 2.24) is 0 Å². The average molecular weight is 209 g/mol. The van der Waals surface area contributed by atoms with Gasteiger partial charge in [0.05, 0.1) is 11.1 Å². The first-order valence-electron chi connectivity index (χ1n) is 0.896. The molecule has 1 N–H and O–H groups in total. The van der Waals surface area contributed by atoms with Crippen LogP contribution < -0.4 is 0 Å². The van der Waals surface area contributed by atoms with E-state index in [0.29, 0.717) is 0 Å². The Bertz CT molecular complexity index is 17.1. The van der Waals surface area contributed by atoms with E-state index in [4.69, 9.17) is 1.43 Å². The number of hydrogen-bond acceptors (Lipinski definition) is 3. The van der Waals surface area contributed by atoms with E-state index in [2.05, 4.69) is 4.56 Å². The van der Waals surface area contributed by atoms with E-state index < -0.39 is 0 Å². The summed E-state index contributed by atoms with van der Waals surface area (Å²) in [6.45, 7) is 0. The first-order valence-corrected chi connectivity index (χ1v) is 5.11. The van der Waals surface area contributed by atoms with Crippen LogP contribution in [0.2, 0.25) is 0 Å². The van der Waals surface area contributed by atoms with Gasteiger partial charge in [0.25, 0.3) is 0 Å². The molecule has 0 rings (SSSR count). The zero-order valence-corrected chi connectivity index (χ0v) is 5.39. The molecule has 0 bridgehead atoms. The summed E-state index contributed by atoms with van der Waals surface area (Å²) in [7, 11) is 1.38.